The molecule has 0 fully saturated rings. The Kier molecular flexibility index (Phi) is 3.41. The molecule has 0 saturated heterocycles. The summed E-state index contributed by atoms with van der Waals surface area (Å²) in [6.45, 7) is 2.84. The highest BCUT2D eigenvalue weighted by atomic mass is 16.1. The van der Waals surface area contributed by atoms with Gasteiger partial charge in [-0.05, 0) is 49.6 Å². The first-order valence-electron chi connectivity index (χ1n) is 7.02. The standard InChI is InChI=1S/C17H15N3O/c1-2-20-11-13(10-19-20)8-15-5-4-14-7-12(9-18)3-6-16(14)17(15)21/h3,6-8,10-11H,2,4-5H2,1H3. The zero-order valence-electron chi connectivity index (χ0n) is 11.8. The Morgan fingerprint density at radius 2 is 2.29 bits per heavy atom. The van der Waals surface area contributed by atoms with Crippen LogP contribution in [0, 0.1) is 11.3 Å². The highest BCUT2D eigenvalue weighted by Gasteiger charge is 2.22. The average molecular weight is 277 g/mol. The number of ketones is 1. The summed E-state index contributed by atoms with van der Waals surface area (Å²) in [5.74, 6) is 0.0602. The second kappa shape index (κ2) is 5.37. The van der Waals surface area contributed by atoms with E-state index in [9.17, 15) is 4.79 Å². The molecule has 0 atom stereocenters. The van der Waals surface area contributed by atoms with Crippen LogP contribution < -0.4 is 0 Å². The van der Waals surface area contributed by atoms with Crippen molar-refractivity contribution in [1.29, 1.82) is 5.26 Å². The Morgan fingerprint density at radius 3 is 3.00 bits per heavy atom. The molecule has 0 saturated carbocycles. The van der Waals surface area contributed by atoms with E-state index in [0.29, 0.717) is 12.0 Å². The molecule has 1 aromatic heterocycles. The van der Waals surface area contributed by atoms with Crippen LogP contribution in [0.3, 0.4) is 0 Å². The largest absolute Gasteiger partial charge is 0.289 e. The van der Waals surface area contributed by atoms with E-state index in [4.69, 9.17) is 5.26 Å². The third kappa shape index (κ3) is 2.50. The van der Waals surface area contributed by atoms with E-state index in [0.717, 1.165) is 35.2 Å². The summed E-state index contributed by atoms with van der Waals surface area (Å²) in [6.07, 6.45) is 7.14. The van der Waals surface area contributed by atoms with E-state index >= 15 is 0 Å². The van der Waals surface area contributed by atoms with Gasteiger partial charge in [-0.3, -0.25) is 9.48 Å². The lowest BCUT2D eigenvalue weighted by molar-refractivity contribution is 0.102. The molecule has 0 amide bonds. The molecular weight excluding hydrogens is 262 g/mol. The van der Waals surface area contributed by atoms with Crippen LogP contribution in [-0.4, -0.2) is 15.6 Å². The molecule has 104 valence electrons. The number of rotatable bonds is 2. The number of benzene rings is 1. The van der Waals surface area contributed by atoms with Crippen LogP contribution in [0.1, 0.15) is 40.4 Å². The van der Waals surface area contributed by atoms with Gasteiger partial charge < -0.3 is 0 Å². The number of nitriles is 1. The van der Waals surface area contributed by atoms with Crippen LogP contribution in [0.25, 0.3) is 6.08 Å². The van der Waals surface area contributed by atoms with Gasteiger partial charge in [-0.25, -0.2) is 0 Å². The van der Waals surface area contributed by atoms with Crippen molar-refractivity contribution >= 4 is 11.9 Å². The third-order valence-corrected chi connectivity index (χ3v) is 3.75. The first kappa shape index (κ1) is 13.3. The van der Waals surface area contributed by atoms with Crippen molar-refractivity contribution in [1.82, 2.24) is 9.78 Å². The predicted octanol–water partition coefficient (Wildman–Crippen LogP) is 2.99. The first-order chi connectivity index (χ1) is 10.2. The maximum Gasteiger partial charge on any atom is 0.189 e. The van der Waals surface area contributed by atoms with Gasteiger partial charge in [0, 0.05) is 29.4 Å². The number of carbonyl (C=O) groups excluding carboxylic acids is 1. The molecule has 1 aliphatic carbocycles. The number of aromatic nitrogens is 2. The molecule has 0 unspecified atom stereocenters. The van der Waals surface area contributed by atoms with Crippen LogP contribution in [0.5, 0.6) is 0 Å². The van der Waals surface area contributed by atoms with Crippen molar-refractivity contribution in [3.63, 3.8) is 0 Å². The van der Waals surface area contributed by atoms with Crippen molar-refractivity contribution < 1.29 is 4.79 Å². The second-order valence-electron chi connectivity index (χ2n) is 5.11. The molecule has 1 aliphatic rings. The van der Waals surface area contributed by atoms with Gasteiger partial charge in [0.05, 0.1) is 17.8 Å². The molecule has 0 spiro atoms. The summed E-state index contributed by atoms with van der Waals surface area (Å²) in [6, 6.07) is 7.40. The smallest absolute Gasteiger partial charge is 0.189 e. The molecule has 0 aliphatic heterocycles. The van der Waals surface area contributed by atoms with E-state index < -0.39 is 0 Å². The fraction of sp³-hybridized carbons (Fsp3) is 0.235. The maximum atomic E-state index is 12.5. The zero-order valence-corrected chi connectivity index (χ0v) is 11.8. The summed E-state index contributed by atoms with van der Waals surface area (Å²) in [4.78, 5) is 12.5. The van der Waals surface area contributed by atoms with E-state index in [1.54, 1.807) is 18.3 Å². The molecular formula is C17H15N3O. The van der Waals surface area contributed by atoms with E-state index in [1.807, 2.05) is 29.9 Å². The number of carbonyl (C=O) groups is 1. The van der Waals surface area contributed by atoms with E-state index in [2.05, 4.69) is 11.2 Å². The Balaban J connectivity index is 1.93. The summed E-state index contributed by atoms with van der Waals surface area (Å²) in [5, 5.41) is 13.1. The molecule has 2 aromatic rings. The lowest BCUT2D eigenvalue weighted by Crippen LogP contribution is -2.14. The third-order valence-electron chi connectivity index (χ3n) is 3.75. The summed E-state index contributed by atoms with van der Waals surface area (Å²) >= 11 is 0. The zero-order chi connectivity index (χ0) is 14.8. The van der Waals surface area contributed by atoms with Gasteiger partial charge in [0.1, 0.15) is 0 Å². The van der Waals surface area contributed by atoms with Crippen molar-refractivity contribution in [2.75, 3.05) is 0 Å². The molecule has 0 radical (unpaired) electrons. The molecule has 1 aromatic carbocycles. The minimum Gasteiger partial charge on any atom is -0.289 e. The van der Waals surface area contributed by atoms with Crippen molar-refractivity contribution in [2.45, 2.75) is 26.3 Å². The molecule has 0 bridgehead atoms. The van der Waals surface area contributed by atoms with Crippen LogP contribution in [0.2, 0.25) is 0 Å². The number of nitrogens with zero attached hydrogens (tertiary/aromatic N) is 3. The van der Waals surface area contributed by atoms with E-state index in [1.165, 1.54) is 0 Å². The van der Waals surface area contributed by atoms with Gasteiger partial charge >= 0.3 is 0 Å². The lowest BCUT2D eigenvalue weighted by Gasteiger charge is -2.17. The van der Waals surface area contributed by atoms with Gasteiger partial charge in [0.25, 0.3) is 0 Å². The number of fused-ring (bicyclic) bond motifs is 1. The van der Waals surface area contributed by atoms with Gasteiger partial charge in [-0.2, -0.15) is 10.4 Å². The number of Topliss-reactive ketones (excluding diaryl/α,β-unsaturated/α-hetero) is 1. The predicted molar refractivity (Wildman–Crippen MR) is 79.7 cm³/mol. The van der Waals surface area contributed by atoms with Gasteiger partial charge in [0.2, 0.25) is 0 Å². The maximum absolute atomic E-state index is 12.5. The normalized spacial score (nSPS) is 15.8. The number of hydrogen-bond acceptors (Lipinski definition) is 3. The number of aryl methyl sites for hydroxylation is 2. The molecule has 0 N–H and O–H groups in total. The summed E-state index contributed by atoms with van der Waals surface area (Å²) in [5.41, 5.74) is 4.06. The van der Waals surface area contributed by atoms with Crippen molar-refractivity contribution in [3.05, 3.63) is 58.4 Å². The minimum atomic E-state index is 0.0602. The highest BCUT2D eigenvalue weighted by molar-refractivity contribution is 6.13. The van der Waals surface area contributed by atoms with Crippen molar-refractivity contribution in [2.24, 2.45) is 0 Å². The summed E-state index contributed by atoms with van der Waals surface area (Å²) < 4.78 is 1.84. The Bertz CT molecular complexity index is 778. The van der Waals surface area contributed by atoms with Crippen LogP contribution >= 0.6 is 0 Å². The molecule has 3 rings (SSSR count). The molecule has 4 nitrogen and oxygen atoms in total. The Morgan fingerprint density at radius 1 is 1.43 bits per heavy atom. The second-order valence-corrected chi connectivity index (χ2v) is 5.11. The quantitative estimate of drug-likeness (QED) is 0.793. The first-order valence-corrected chi connectivity index (χ1v) is 7.02. The van der Waals surface area contributed by atoms with Gasteiger partial charge in [-0.1, -0.05) is 0 Å². The fourth-order valence-corrected chi connectivity index (χ4v) is 2.61. The SMILES string of the molecule is CCn1cc(C=C2CCc3cc(C#N)ccc3C2=O)cn1. The molecule has 4 heteroatoms. The Hall–Kier alpha value is -2.67. The number of hydrogen-bond donors (Lipinski definition) is 0. The molecule has 1 heterocycles. The van der Waals surface area contributed by atoms with E-state index in [-0.39, 0.29) is 5.78 Å². The lowest BCUT2D eigenvalue weighted by atomic mass is 9.85. The number of allylic oxidation sites excluding steroid dienone is 1. The van der Waals surface area contributed by atoms with Gasteiger partial charge in [0.15, 0.2) is 5.78 Å². The highest BCUT2D eigenvalue weighted by Crippen LogP contribution is 2.27. The fourth-order valence-electron chi connectivity index (χ4n) is 2.61. The Labute approximate surface area is 123 Å². The van der Waals surface area contributed by atoms with Crippen LogP contribution in [-0.2, 0) is 13.0 Å². The molecule has 21 heavy (non-hydrogen) atoms. The van der Waals surface area contributed by atoms with Crippen LogP contribution in [0.15, 0.2) is 36.2 Å². The van der Waals surface area contributed by atoms with Crippen molar-refractivity contribution in [3.8, 4) is 6.07 Å². The van der Waals surface area contributed by atoms with Gasteiger partial charge in [-0.15, -0.1) is 0 Å². The van der Waals surface area contributed by atoms with Crippen LogP contribution in [0.4, 0.5) is 0 Å². The topological polar surface area (TPSA) is 58.7 Å². The average Bonchev–Trinajstić information content (AvgIpc) is 2.97. The minimum absolute atomic E-state index is 0.0602. The summed E-state index contributed by atoms with van der Waals surface area (Å²) in [7, 11) is 0. The monoisotopic (exact) mass is 277 g/mol.